The van der Waals surface area contributed by atoms with Gasteiger partial charge in [0.2, 0.25) is 0 Å². The van der Waals surface area contributed by atoms with Crippen molar-refractivity contribution in [3.8, 4) is 0 Å². The van der Waals surface area contributed by atoms with Crippen LogP contribution in [0.25, 0.3) is 11.0 Å². The number of aromatic nitrogens is 2. The summed E-state index contributed by atoms with van der Waals surface area (Å²) in [7, 11) is 0. The minimum absolute atomic E-state index is 0.250. The molecule has 1 heterocycles. The molecule has 0 radical (unpaired) electrons. The summed E-state index contributed by atoms with van der Waals surface area (Å²) in [4.78, 5) is 8.26. The van der Waals surface area contributed by atoms with Gasteiger partial charge < -0.3 is 15.3 Å². The maximum absolute atomic E-state index is 9.64. The lowest BCUT2D eigenvalue weighted by molar-refractivity contribution is -0.0172. The van der Waals surface area contributed by atoms with E-state index < -0.39 is 18.8 Å². The molecule has 2 aromatic rings. The molecule has 0 bridgehead atoms. The van der Waals surface area contributed by atoms with Crippen molar-refractivity contribution in [3.05, 3.63) is 36.2 Å². The molecule has 0 fully saturated rings. The molecule has 0 spiro atoms. The number of aliphatic hydroxyl groups excluding tert-OH is 3. The molecule has 16 heavy (non-hydrogen) atoms. The zero-order valence-corrected chi connectivity index (χ0v) is 8.48. The molecule has 0 aliphatic heterocycles. The van der Waals surface area contributed by atoms with Crippen LogP contribution in [-0.2, 0) is 0 Å². The molecule has 0 saturated heterocycles. The van der Waals surface area contributed by atoms with Crippen LogP contribution in [-0.4, -0.2) is 38.0 Å². The fourth-order valence-corrected chi connectivity index (χ4v) is 1.41. The Hall–Kier alpha value is -1.56. The highest BCUT2D eigenvalue weighted by Gasteiger charge is 2.19. The first-order chi connectivity index (χ1) is 7.72. The Balaban J connectivity index is 2.39. The third-order valence-corrected chi connectivity index (χ3v) is 2.32. The number of para-hydroxylation sites is 2. The van der Waals surface area contributed by atoms with Gasteiger partial charge in [0.15, 0.2) is 0 Å². The first-order valence-electron chi connectivity index (χ1n) is 4.91. The predicted molar refractivity (Wildman–Crippen MR) is 57.6 cm³/mol. The van der Waals surface area contributed by atoms with Crippen LogP contribution in [0.1, 0.15) is 11.8 Å². The number of hydrogen-bond donors (Lipinski definition) is 3. The number of fused-ring (bicyclic) bond motifs is 1. The van der Waals surface area contributed by atoms with E-state index in [4.69, 9.17) is 5.11 Å². The third-order valence-electron chi connectivity index (χ3n) is 2.32. The van der Waals surface area contributed by atoms with Crippen LogP contribution in [0.4, 0.5) is 0 Å². The molecule has 3 N–H and O–H groups in total. The first-order valence-corrected chi connectivity index (χ1v) is 4.91. The highest BCUT2D eigenvalue weighted by atomic mass is 16.4. The molecule has 5 nitrogen and oxygen atoms in total. The maximum Gasteiger partial charge on any atom is 0.126 e. The fourth-order valence-electron chi connectivity index (χ4n) is 1.41. The van der Waals surface area contributed by atoms with Crippen LogP contribution in [0.15, 0.2) is 30.5 Å². The molecule has 5 heteroatoms. The molecule has 1 aromatic carbocycles. The van der Waals surface area contributed by atoms with Crippen molar-refractivity contribution in [2.45, 2.75) is 12.2 Å². The molecule has 0 aliphatic rings. The van der Waals surface area contributed by atoms with Crippen LogP contribution in [0, 0.1) is 0 Å². The molecular formula is C11H12N2O3. The average Bonchev–Trinajstić information content (AvgIpc) is 2.36. The molecule has 84 valence electrons. The van der Waals surface area contributed by atoms with Gasteiger partial charge in [-0.1, -0.05) is 12.1 Å². The SMILES string of the molecule is OC[C@@H](O)[C@@H](O)c1cnc2ccccc2n1. The molecular weight excluding hydrogens is 208 g/mol. The highest BCUT2D eigenvalue weighted by Crippen LogP contribution is 2.16. The van der Waals surface area contributed by atoms with Crippen molar-refractivity contribution in [3.63, 3.8) is 0 Å². The van der Waals surface area contributed by atoms with Crippen molar-refractivity contribution < 1.29 is 15.3 Å². The van der Waals surface area contributed by atoms with Gasteiger partial charge in [0.25, 0.3) is 0 Å². The predicted octanol–water partition coefficient (Wildman–Crippen LogP) is 0.0164. The lowest BCUT2D eigenvalue weighted by Crippen LogP contribution is -2.23. The van der Waals surface area contributed by atoms with Crippen LogP contribution in [0.3, 0.4) is 0 Å². The number of aliphatic hydroxyl groups is 3. The van der Waals surface area contributed by atoms with Gasteiger partial charge in [-0.3, -0.25) is 4.98 Å². The number of hydrogen-bond acceptors (Lipinski definition) is 5. The maximum atomic E-state index is 9.64. The Bertz CT molecular complexity index is 489. The van der Waals surface area contributed by atoms with Crippen molar-refractivity contribution >= 4 is 11.0 Å². The van der Waals surface area contributed by atoms with Gasteiger partial charge in [-0.25, -0.2) is 4.98 Å². The van der Waals surface area contributed by atoms with Crippen molar-refractivity contribution in [1.82, 2.24) is 9.97 Å². The van der Waals surface area contributed by atoms with E-state index in [0.717, 1.165) is 5.52 Å². The molecule has 1 aromatic heterocycles. The number of nitrogens with zero attached hydrogens (tertiary/aromatic N) is 2. The van der Waals surface area contributed by atoms with Crippen LogP contribution >= 0.6 is 0 Å². The van der Waals surface area contributed by atoms with E-state index in [1.54, 1.807) is 12.1 Å². The molecule has 2 atom stereocenters. The summed E-state index contributed by atoms with van der Waals surface area (Å²) in [6.45, 7) is -0.518. The monoisotopic (exact) mass is 220 g/mol. The van der Waals surface area contributed by atoms with E-state index in [-0.39, 0.29) is 5.69 Å². The topological polar surface area (TPSA) is 86.5 Å². The van der Waals surface area contributed by atoms with Crippen molar-refractivity contribution in [2.75, 3.05) is 6.61 Å². The van der Waals surface area contributed by atoms with E-state index in [2.05, 4.69) is 9.97 Å². The van der Waals surface area contributed by atoms with Gasteiger partial charge in [0.05, 0.1) is 29.5 Å². The zero-order valence-electron chi connectivity index (χ0n) is 8.48. The molecule has 0 aliphatic carbocycles. The minimum atomic E-state index is -1.24. The van der Waals surface area contributed by atoms with E-state index in [9.17, 15) is 10.2 Å². The number of benzene rings is 1. The minimum Gasteiger partial charge on any atom is -0.394 e. The quantitative estimate of drug-likeness (QED) is 0.678. The average molecular weight is 220 g/mol. The zero-order chi connectivity index (χ0) is 11.5. The second-order valence-corrected chi connectivity index (χ2v) is 3.48. The lowest BCUT2D eigenvalue weighted by Gasteiger charge is -2.14. The molecule has 2 rings (SSSR count). The van der Waals surface area contributed by atoms with Crippen LogP contribution < -0.4 is 0 Å². The summed E-state index contributed by atoms with van der Waals surface area (Å²) in [5.74, 6) is 0. The summed E-state index contributed by atoms with van der Waals surface area (Å²) < 4.78 is 0. The fraction of sp³-hybridized carbons (Fsp3) is 0.273. The Labute approximate surface area is 92.0 Å². The Morgan fingerprint density at radius 3 is 2.50 bits per heavy atom. The summed E-state index contributed by atoms with van der Waals surface area (Å²) in [6.07, 6.45) is -1.07. The molecule has 0 unspecified atom stereocenters. The first kappa shape index (κ1) is 10.9. The van der Waals surface area contributed by atoms with Crippen molar-refractivity contribution in [2.24, 2.45) is 0 Å². The van der Waals surface area contributed by atoms with Gasteiger partial charge in [-0.2, -0.15) is 0 Å². The third kappa shape index (κ3) is 2.01. The van der Waals surface area contributed by atoms with E-state index in [1.165, 1.54) is 6.20 Å². The van der Waals surface area contributed by atoms with Crippen LogP contribution in [0.2, 0.25) is 0 Å². The number of rotatable bonds is 3. The van der Waals surface area contributed by atoms with E-state index >= 15 is 0 Å². The Morgan fingerprint density at radius 1 is 1.12 bits per heavy atom. The lowest BCUT2D eigenvalue weighted by atomic mass is 10.1. The van der Waals surface area contributed by atoms with Gasteiger partial charge in [-0.15, -0.1) is 0 Å². The Kier molecular flexibility index (Phi) is 3.09. The Morgan fingerprint density at radius 2 is 1.81 bits per heavy atom. The van der Waals surface area contributed by atoms with Gasteiger partial charge >= 0.3 is 0 Å². The van der Waals surface area contributed by atoms with Crippen molar-refractivity contribution in [1.29, 1.82) is 0 Å². The second kappa shape index (κ2) is 4.52. The molecule has 0 saturated carbocycles. The van der Waals surface area contributed by atoms with Gasteiger partial charge in [0.1, 0.15) is 12.2 Å². The van der Waals surface area contributed by atoms with Gasteiger partial charge in [0, 0.05) is 0 Å². The molecule has 0 amide bonds. The summed E-state index contributed by atoms with van der Waals surface area (Å²) in [5, 5.41) is 27.6. The van der Waals surface area contributed by atoms with Crippen LogP contribution in [0.5, 0.6) is 0 Å². The standard InChI is InChI=1S/C11H12N2O3/c14-6-10(15)11(16)9-5-12-7-3-1-2-4-8(7)13-9/h1-5,10-11,14-16H,6H2/t10-,11+/m1/s1. The summed E-state index contributed by atoms with van der Waals surface area (Å²) in [6, 6.07) is 7.23. The van der Waals surface area contributed by atoms with E-state index in [0.29, 0.717) is 5.52 Å². The summed E-state index contributed by atoms with van der Waals surface area (Å²) >= 11 is 0. The second-order valence-electron chi connectivity index (χ2n) is 3.48. The van der Waals surface area contributed by atoms with Gasteiger partial charge in [-0.05, 0) is 12.1 Å². The van der Waals surface area contributed by atoms with E-state index in [1.807, 2.05) is 12.1 Å². The normalized spacial score (nSPS) is 14.9. The highest BCUT2D eigenvalue weighted by molar-refractivity contribution is 5.73. The summed E-state index contributed by atoms with van der Waals surface area (Å²) in [5.41, 5.74) is 1.61. The smallest absolute Gasteiger partial charge is 0.126 e. The largest absolute Gasteiger partial charge is 0.394 e.